The summed E-state index contributed by atoms with van der Waals surface area (Å²) in [6.45, 7) is 0.879. The van der Waals surface area contributed by atoms with E-state index in [0.717, 1.165) is 11.8 Å². The number of rotatable bonds is 4. The van der Waals surface area contributed by atoms with Crippen LogP contribution in [0, 0.1) is 5.92 Å². The van der Waals surface area contributed by atoms with Crippen LogP contribution in [0.2, 0.25) is 0 Å². The molecule has 1 aliphatic rings. The first kappa shape index (κ1) is 16.5. The quantitative estimate of drug-likeness (QED) is 0.918. The highest BCUT2D eigenvalue weighted by molar-refractivity contribution is 5.78. The molecule has 2 aromatic rings. The van der Waals surface area contributed by atoms with Gasteiger partial charge in [0.2, 0.25) is 5.91 Å². The SMILES string of the molecule is Cn1cc(CC(=O)NC[C@@H]2CCc3nc(C(F)(F)F)cn3C2)cn1. The summed E-state index contributed by atoms with van der Waals surface area (Å²) in [5.74, 6) is 0.446. The van der Waals surface area contributed by atoms with E-state index in [9.17, 15) is 18.0 Å². The number of aromatic nitrogens is 4. The molecule has 1 atom stereocenters. The zero-order chi connectivity index (χ0) is 17.3. The van der Waals surface area contributed by atoms with Gasteiger partial charge in [-0.05, 0) is 17.9 Å². The lowest BCUT2D eigenvalue weighted by molar-refractivity contribution is -0.141. The van der Waals surface area contributed by atoms with Gasteiger partial charge in [-0.25, -0.2) is 4.98 Å². The first-order valence-corrected chi connectivity index (χ1v) is 7.68. The van der Waals surface area contributed by atoms with E-state index >= 15 is 0 Å². The molecule has 0 spiro atoms. The van der Waals surface area contributed by atoms with Gasteiger partial charge in [0.1, 0.15) is 5.82 Å². The molecule has 0 bridgehead atoms. The van der Waals surface area contributed by atoms with Crippen molar-refractivity contribution >= 4 is 5.91 Å². The highest BCUT2D eigenvalue weighted by Gasteiger charge is 2.35. The number of aryl methyl sites for hydroxylation is 2. The van der Waals surface area contributed by atoms with E-state index in [2.05, 4.69) is 15.4 Å². The largest absolute Gasteiger partial charge is 0.434 e. The summed E-state index contributed by atoms with van der Waals surface area (Å²) in [6, 6.07) is 0. The highest BCUT2D eigenvalue weighted by atomic mass is 19.4. The van der Waals surface area contributed by atoms with Gasteiger partial charge in [0.05, 0.1) is 12.6 Å². The molecule has 0 aromatic carbocycles. The standard InChI is InChI=1S/C15H18F3N5O/c1-22-7-11(6-20-22)4-14(24)19-5-10-2-3-13-21-12(15(16,17)18)9-23(13)8-10/h6-7,9-10H,2-5,8H2,1H3,(H,19,24)/t10-/m0/s1. The molecular formula is C15H18F3N5O. The van der Waals surface area contributed by atoms with Gasteiger partial charge in [-0.3, -0.25) is 9.48 Å². The van der Waals surface area contributed by atoms with E-state index in [1.807, 2.05) is 0 Å². The summed E-state index contributed by atoms with van der Waals surface area (Å²) in [6.07, 6.45) is 1.49. The van der Waals surface area contributed by atoms with Crippen LogP contribution in [0.15, 0.2) is 18.6 Å². The Morgan fingerprint density at radius 2 is 2.21 bits per heavy atom. The van der Waals surface area contributed by atoms with Crippen molar-refractivity contribution in [1.29, 1.82) is 0 Å². The van der Waals surface area contributed by atoms with Gasteiger partial charge in [0.15, 0.2) is 5.69 Å². The third kappa shape index (κ3) is 3.77. The smallest absolute Gasteiger partial charge is 0.355 e. The van der Waals surface area contributed by atoms with Crippen LogP contribution in [0.4, 0.5) is 13.2 Å². The van der Waals surface area contributed by atoms with Crippen LogP contribution in [0.3, 0.4) is 0 Å². The van der Waals surface area contributed by atoms with Gasteiger partial charge in [-0.2, -0.15) is 18.3 Å². The summed E-state index contributed by atoms with van der Waals surface area (Å²) < 4.78 is 41.3. The van der Waals surface area contributed by atoms with Crippen molar-refractivity contribution in [2.24, 2.45) is 13.0 Å². The Morgan fingerprint density at radius 1 is 1.42 bits per heavy atom. The van der Waals surface area contributed by atoms with E-state index in [1.54, 1.807) is 28.7 Å². The van der Waals surface area contributed by atoms with Crippen LogP contribution in [0.1, 0.15) is 23.5 Å². The lowest BCUT2D eigenvalue weighted by Crippen LogP contribution is -2.34. The molecule has 1 amide bonds. The third-order valence-corrected chi connectivity index (χ3v) is 4.09. The Labute approximate surface area is 136 Å². The second kappa shape index (κ2) is 6.29. The summed E-state index contributed by atoms with van der Waals surface area (Å²) in [5.41, 5.74) is -0.0240. The number of nitrogens with zero attached hydrogens (tertiary/aromatic N) is 4. The predicted octanol–water partition coefficient (Wildman–Crippen LogP) is 1.56. The molecule has 9 heteroatoms. The fraction of sp³-hybridized carbons (Fsp3) is 0.533. The van der Waals surface area contributed by atoms with Gasteiger partial charge < -0.3 is 9.88 Å². The Kier molecular flexibility index (Phi) is 4.33. The van der Waals surface area contributed by atoms with Crippen LogP contribution in [-0.2, 0) is 37.4 Å². The number of fused-ring (bicyclic) bond motifs is 1. The van der Waals surface area contributed by atoms with Gasteiger partial charge in [-0.15, -0.1) is 0 Å². The highest BCUT2D eigenvalue weighted by Crippen LogP contribution is 2.30. The van der Waals surface area contributed by atoms with Crippen LogP contribution in [0.5, 0.6) is 0 Å². The zero-order valence-electron chi connectivity index (χ0n) is 13.2. The number of imidazole rings is 1. The summed E-state index contributed by atoms with van der Waals surface area (Å²) >= 11 is 0. The van der Waals surface area contributed by atoms with Crippen LogP contribution >= 0.6 is 0 Å². The Bertz CT molecular complexity index is 734. The molecule has 0 radical (unpaired) electrons. The average Bonchev–Trinajstić information content (AvgIpc) is 3.10. The van der Waals surface area contributed by atoms with E-state index < -0.39 is 11.9 Å². The second-order valence-electron chi connectivity index (χ2n) is 6.10. The number of hydrogen-bond acceptors (Lipinski definition) is 3. The molecule has 3 heterocycles. The molecule has 6 nitrogen and oxygen atoms in total. The molecular weight excluding hydrogens is 323 g/mol. The minimum Gasteiger partial charge on any atom is -0.355 e. The fourth-order valence-corrected chi connectivity index (χ4v) is 2.89. The van der Waals surface area contributed by atoms with Gasteiger partial charge in [-0.1, -0.05) is 0 Å². The van der Waals surface area contributed by atoms with E-state index in [4.69, 9.17) is 0 Å². The van der Waals surface area contributed by atoms with Gasteiger partial charge in [0, 0.05) is 39.0 Å². The number of amides is 1. The third-order valence-electron chi connectivity index (χ3n) is 4.09. The van der Waals surface area contributed by atoms with Crippen LogP contribution in [-0.4, -0.2) is 31.8 Å². The molecule has 2 aromatic heterocycles. The van der Waals surface area contributed by atoms with E-state index in [-0.39, 0.29) is 18.2 Å². The predicted molar refractivity (Wildman–Crippen MR) is 79.0 cm³/mol. The zero-order valence-corrected chi connectivity index (χ0v) is 13.2. The topological polar surface area (TPSA) is 64.7 Å². The van der Waals surface area contributed by atoms with E-state index in [1.165, 1.54) is 0 Å². The minimum atomic E-state index is -4.42. The van der Waals surface area contributed by atoms with Crippen molar-refractivity contribution in [3.63, 3.8) is 0 Å². The Balaban J connectivity index is 1.52. The number of nitrogens with one attached hydrogen (secondary N) is 1. The summed E-state index contributed by atoms with van der Waals surface area (Å²) in [7, 11) is 1.78. The van der Waals surface area contributed by atoms with Gasteiger partial charge >= 0.3 is 6.18 Å². The van der Waals surface area contributed by atoms with Gasteiger partial charge in [0.25, 0.3) is 0 Å². The maximum Gasteiger partial charge on any atom is 0.434 e. The first-order chi connectivity index (χ1) is 11.3. The summed E-state index contributed by atoms with van der Waals surface area (Å²) in [5, 5.41) is 6.85. The maximum absolute atomic E-state index is 12.7. The van der Waals surface area contributed by atoms with Crippen molar-refractivity contribution in [2.45, 2.75) is 32.0 Å². The second-order valence-corrected chi connectivity index (χ2v) is 6.10. The molecule has 0 saturated heterocycles. The fourth-order valence-electron chi connectivity index (χ4n) is 2.89. The number of carbonyl (C=O) groups is 1. The van der Waals surface area contributed by atoms with Crippen molar-refractivity contribution in [2.75, 3.05) is 6.54 Å². The lowest BCUT2D eigenvalue weighted by Gasteiger charge is -2.23. The number of alkyl halides is 3. The number of halogens is 3. The molecule has 0 saturated carbocycles. The Hall–Kier alpha value is -2.32. The monoisotopic (exact) mass is 341 g/mol. The van der Waals surface area contributed by atoms with Crippen molar-refractivity contribution in [1.82, 2.24) is 24.6 Å². The normalized spacial score (nSPS) is 17.6. The van der Waals surface area contributed by atoms with Crippen molar-refractivity contribution in [3.05, 3.63) is 35.7 Å². The lowest BCUT2D eigenvalue weighted by atomic mass is 9.99. The molecule has 24 heavy (non-hydrogen) atoms. The molecule has 1 N–H and O–H groups in total. The molecule has 3 rings (SSSR count). The number of carbonyl (C=O) groups excluding carboxylic acids is 1. The average molecular weight is 341 g/mol. The molecule has 0 unspecified atom stereocenters. The first-order valence-electron chi connectivity index (χ1n) is 7.68. The molecule has 0 aliphatic carbocycles. The van der Waals surface area contributed by atoms with Crippen molar-refractivity contribution in [3.8, 4) is 0 Å². The Morgan fingerprint density at radius 3 is 2.88 bits per heavy atom. The molecule has 0 fully saturated rings. The number of hydrogen-bond donors (Lipinski definition) is 1. The molecule has 130 valence electrons. The van der Waals surface area contributed by atoms with Crippen LogP contribution in [0.25, 0.3) is 0 Å². The maximum atomic E-state index is 12.7. The van der Waals surface area contributed by atoms with Crippen LogP contribution < -0.4 is 5.32 Å². The van der Waals surface area contributed by atoms with Crippen molar-refractivity contribution < 1.29 is 18.0 Å². The minimum absolute atomic E-state index is 0.102. The van der Waals surface area contributed by atoms with E-state index in [0.29, 0.717) is 31.8 Å². The summed E-state index contributed by atoms with van der Waals surface area (Å²) in [4.78, 5) is 15.6. The molecule has 1 aliphatic heterocycles.